The van der Waals surface area contributed by atoms with Crippen LogP contribution in [0.15, 0.2) is 29.3 Å². The van der Waals surface area contributed by atoms with E-state index < -0.39 is 0 Å². The van der Waals surface area contributed by atoms with Crippen LogP contribution in [0.5, 0.6) is 5.75 Å². The molecule has 168 valence electrons. The van der Waals surface area contributed by atoms with Crippen LogP contribution in [0.25, 0.3) is 0 Å². The summed E-state index contributed by atoms with van der Waals surface area (Å²) in [5.41, 5.74) is 1.21. The fourth-order valence-corrected chi connectivity index (χ4v) is 3.61. The first-order chi connectivity index (χ1) is 14.1. The second kappa shape index (κ2) is 13.0. The van der Waals surface area contributed by atoms with E-state index in [0.717, 1.165) is 50.0 Å². The number of aliphatic imine (C=N–C) groups is 1. The molecule has 0 unspecified atom stereocenters. The highest BCUT2D eigenvalue weighted by Crippen LogP contribution is 2.23. The first-order valence-electron chi connectivity index (χ1n) is 11.2. The van der Waals surface area contributed by atoms with Gasteiger partial charge in [0.15, 0.2) is 12.6 Å². The Bertz CT molecular complexity index is 668. The van der Waals surface area contributed by atoms with E-state index >= 15 is 0 Å². The fraction of sp³-hybridized carbons (Fsp3) is 0.652. The molecule has 0 heterocycles. The van der Waals surface area contributed by atoms with Crippen LogP contribution >= 0.6 is 24.0 Å². The quantitative estimate of drug-likeness (QED) is 0.260. The average Bonchev–Trinajstić information content (AvgIpc) is 3.53. The summed E-state index contributed by atoms with van der Waals surface area (Å²) in [6.45, 7) is 6.13. The number of carbonyl (C=O) groups excluding carboxylic acids is 1. The number of hydrogen-bond donors (Lipinski definition) is 3. The summed E-state index contributed by atoms with van der Waals surface area (Å²) in [5, 5.41) is 9.89. The monoisotopic (exact) mass is 528 g/mol. The van der Waals surface area contributed by atoms with Crippen molar-refractivity contribution in [1.82, 2.24) is 16.0 Å². The van der Waals surface area contributed by atoms with E-state index in [1.165, 1.54) is 31.2 Å². The first kappa shape index (κ1) is 24.8. The van der Waals surface area contributed by atoms with Crippen LogP contribution in [0, 0.1) is 5.92 Å². The summed E-state index contributed by atoms with van der Waals surface area (Å²) in [6, 6.07) is 8.86. The van der Waals surface area contributed by atoms with E-state index in [9.17, 15) is 4.79 Å². The van der Waals surface area contributed by atoms with Crippen LogP contribution in [0.3, 0.4) is 0 Å². The topological polar surface area (TPSA) is 74.8 Å². The lowest BCUT2D eigenvalue weighted by atomic mass is 9.87. The molecule has 0 spiro atoms. The fourth-order valence-electron chi connectivity index (χ4n) is 3.61. The number of carbonyl (C=O) groups is 1. The number of amides is 1. The van der Waals surface area contributed by atoms with Crippen LogP contribution < -0.4 is 20.7 Å². The molecule has 1 aromatic rings. The standard InChI is InChI=1S/C23H36N4O2.HI/c1-3-24-23(27-20-8-4-17(2)5-9-20)25-15-14-18-6-12-21(13-7-18)29-16-22(28)26-19-10-11-19;/h6-7,12-13,17,19-20H,3-5,8-11,14-16H2,1-2H3,(H,26,28)(H2,24,25,27);1H. The SMILES string of the molecule is CCNC(=NCCc1ccc(OCC(=O)NC2CC2)cc1)NC1CCC(C)CC1.I. The van der Waals surface area contributed by atoms with E-state index in [4.69, 9.17) is 9.73 Å². The van der Waals surface area contributed by atoms with Crippen LogP contribution in [-0.2, 0) is 11.2 Å². The number of ether oxygens (including phenoxy) is 1. The van der Waals surface area contributed by atoms with E-state index in [1.54, 1.807) is 0 Å². The van der Waals surface area contributed by atoms with Gasteiger partial charge in [-0.1, -0.05) is 19.1 Å². The number of nitrogens with one attached hydrogen (secondary N) is 3. The van der Waals surface area contributed by atoms with Gasteiger partial charge in [-0.2, -0.15) is 0 Å². The van der Waals surface area contributed by atoms with E-state index in [0.29, 0.717) is 12.1 Å². The highest BCUT2D eigenvalue weighted by Gasteiger charge is 2.23. The third-order valence-electron chi connectivity index (χ3n) is 5.61. The normalized spacial score (nSPS) is 21.3. The second-order valence-corrected chi connectivity index (χ2v) is 8.39. The molecular formula is C23H37IN4O2. The van der Waals surface area contributed by atoms with Crippen molar-refractivity contribution in [3.63, 3.8) is 0 Å². The smallest absolute Gasteiger partial charge is 0.258 e. The Morgan fingerprint density at radius 2 is 1.67 bits per heavy atom. The molecule has 0 aromatic heterocycles. The van der Waals surface area contributed by atoms with Crippen molar-refractivity contribution in [1.29, 1.82) is 0 Å². The molecule has 0 saturated heterocycles. The molecular weight excluding hydrogens is 491 g/mol. The lowest BCUT2D eigenvalue weighted by Gasteiger charge is -2.28. The van der Waals surface area contributed by atoms with Gasteiger partial charge in [-0.15, -0.1) is 24.0 Å². The molecule has 0 bridgehead atoms. The minimum Gasteiger partial charge on any atom is -0.484 e. The lowest BCUT2D eigenvalue weighted by molar-refractivity contribution is -0.123. The molecule has 3 N–H and O–H groups in total. The number of benzene rings is 1. The van der Waals surface area contributed by atoms with E-state index in [2.05, 4.69) is 29.8 Å². The Balaban J connectivity index is 0.00000320. The van der Waals surface area contributed by atoms with Crippen molar-refractivity contribution in [2.24, 2.45) is 10.9 Å². The molecule has 0 aliphatic heterocycles. The Morgan fingerprint density at radius 3 is 2.30 bits per heavy atom. The molecule has 2 saturated carbocycles. The van der Waals surface area contributed by atoms with Crippen LogP contribution in [-0.4, -0.2) is 43.6 Å². The lowest BCUT2D eigenvalue weighted by Crippen LogP contribution is -2.44. The molecule has 3 rings (SSSR count). The number of halogens is 1. The highest BCUT2D eigenvalue weighted by molar-refractivity contribution is 14.0. The maximum absolute atomic E-state index is 11.7. The molecule has 6 nitrogen and oxygen atoms in total. The Kier molecular flexibility index (Phi) is 10.7. The zero-order valence-corrected chi connectivity index (χ0v) is 20.6. The van der Waals surface area contributed by atoms with Gasteiger partial charge in [-0.3, -0.25) is 9.79 Å². The molecule has 1 aromatic carbocycles. The number of rotatable bonds is 9. The predicted octanol–water partition coefficient (Wildman–Crippen LogP) is 3.64. The summed E-state index contributed by atoms with van der Waals surface area (Å²) in [7, 11) is 0. The molecule has 7 heteroatoms. The van der Waals surface area contributed by atoms with Gasteiger partial charge in [0.05, 0.1) is 0 Å². The van der Waals surface area contributed by atoms with Crippen LogP contribution in [0.2, 0.25) is 0 Å². The minimum atomic E-state index is -0.0400. The molecule has 1 amide bonds. The summed E-state index contributed by atoms with van der Waals surface area (Å²) in [5.74, 6) is 2.47. The molecule has 2 aliphatic carbocycles. The number of guanidine groups is 1. The van der Waals surface area contributed by atoms with Gasteiger partial charge in [0, 0.05) is 25.2 Å². The average molecular weight is 528 g/mol. The molecule has 0 atom stereocenters. The summed E-state index contributed by atoms with van der Waals surface area (Å²) in [4.78, 5) is 16.4. The van der Waals surface area contributed by atoms with Crippen LogP contribution in [0.1, 0.15) is 57.9 Å². The van der Waals surface area contributed by atoms with Crippen molar-refractivity contribution in [3.05, 3.63) is 29.8 Å². The van der Waals surface area contributed by atoms with Gasteiger partial charge in [-0.25, -0.2) is 0 Å². The number of nitrogens with zero attached hydrogens (tertiary/aromatic N) is 1. The maximum atomic E-state index is 11.7. The van der Waals surface area contributed by atoms with Gasteiger partial charge >= 0.3 is 0 Å². The molecule has 2 fully saturated rings. The molecule has 2 aliphatic rings. The van der Waals surface area contributed by atoms with E-state index in [-0.39, 0.29) is 36.5 Å². The largest absolute Gasteiger partial charge is 0.484 e. The van der Waals surface area contributed by atoms with Gasteiger partial charge in [0.1, 0.15) is 5.75 Å². The summed E-state index contributed by atoms with van der Waals surface area (Å²) >= 11 is 0. The predicted molar refractivity (Wildman–Crippen MR) is 133 cm³/mol. The zero-order valence-electron chi connectivity index (χ0n) is 18.3. The zero-order chi connectivity index (χ0) is 20.5. The third-order valence-corrected chi connectivity index (χ3v) is 5.61. The van der Waals surface area contributed by atoms with Crippen molar-refractivity contribution in [3.8, 4) is 5.75 Å². The Labute approximate surface area is 198 Å². The van der Waals surface area contributed by atoms with Gasteiger partial charge in [0.25, 0.3) is 5.91 Å². The third kappa shape index (κ3) is 9.10. The van der Waals surface area contributed by atoms with Gasteiger partial charge in [0.2, 0.25) is 0 Å². The summed E-state index contributed by atoms with van der Waals surface area (Å²) in [6.07, 6.45) is 8.11. The van der Waals surface area contributed by atoms with Crippen molar-refractivity contribution >= 4 is 35.8 Å². The van der Waals surface area contributed by atoms with Crippen molar-refractivity contribution in [2.45, 2.75) is 70.9 Å². The van der Waals surface area contributed by atoms with Gasteiger partial charge < -0.3 is 20.7 Å². The highest BCUT2D eigenvalue weighted by atomic mass is 127. The Morgan fingerprint density at radius 1 is 1.03 bits per heavy atom. The molecule has 30 heavy (non-hydrogen) atoms. The number of hydrogen-bond acceptors (Lipinski definition) is 3. The summed E-state index contributed by atoms with van der Waals surface area (Å²) < 4.78 is 5.56. The second-order valence-electron chi connectivity index (χ2n) is 8.39. The maximum Gasteiger partial charge on any atom is 0.258 e. The van der Waals surface area contributed by atoms with Gasteiger partial charge in [-0.05, 0) is 75.5 Å². The van der Waals surface area contributed by atoms with Crippen molar-refractivity contribution < 1.29 is 9.53 Å². The van der Waals surface area contributed by atoms with E-state index in [1.807, 2.05) is 24.3 Å². The minimum absolute atomic E-state index is 0. The van der Waals surface area contributed by atoms with Crippen molar-refractivity contribution in [2.75, 3.05) is 19.7 Å². The Hall–Kier alpha value is -1.51. The first-order valence-corrected chi connectivity index (χ1v) is 11.2. The molecule has 0 radical (unpaired) electrons. The van der Waals surface area contributed by atoms with Crippen LogP contribution in [0.4, 0.5) is 0 Å².